The van der Waals surface area contributed by atoms with Crippen LogP contribution in [0.25, 0.3) is 55.3 Å². The van der Waals surface area contributed by atoms with Crippen LogP contribution in [0.5, 0.6) is 0 Å². The van der Waals surface area contributed by atoms with Crippen LogP contribution in [0.1, 0.15) is 19.4 Å². The minimum atomic E-state index is 0.927. The van der Waals surface area contributed by atoms with E-state index in [1.54, 1.807) is 0 Å². The molecule has 0 fully saturated rings. The van der Waals surface area contributed by atoms with Crippen molar-refractivity contribution in [2.24, 2.45) is 0 Å². The van der Waals surface area contributed by atoms with E-state index in [9.17, 15) is 0 Å². The zero-order chi connectivity index (χ0) is 23.5. The quantitative estimate of drug-likeness (QED) is 0.267. The summed E-state index contributed by atoms with van der Waals surface area (Å²) in [5.41, 5.74) is 10.4. The average molecular weight is 441 g/mol. The van der Waals surface area contributed by atoms with Crippen LogP contribution in [-0.4, -0.2) is 0 Å². The van der Waals surface area contributed by atoms with Gasteiger partial charge in [0.25, 0.3) is 0 Å². The second-order valence-electron chi connectivity index (χ2n) is 8.33. The fourth-order valence-corrected chi connectivity index (χ4v) is 4.38. The molecule has 0 unspecified atom stereocenters. The monoisotopic (exact) mass is 440 g/mol. The Kier molecular flexibility index (Phi) is 6.01. The number of aryl methyl sites for hydroxylation is 1. The molecule has 0 amide bonds. The van der Waals surface area contributed by atoms with Crippen molar-refractivity contribution >= 4 is 21.9 Å². The first-order valence-corrected chi connectivity index (χ1v) is 11.9. The van der Waals surface area contributed by atoms with Gasteiger partial charge >= 0.3 is 0 Å². The summed E-state index contributed by atoms with van der Waals surface area (Å²) in [4.78, 5) is 0. The first kappa shape index (κ1) is 21.7. The van der Waals surface area contributed by atoms with E-state index in [2.05, 4.69) is 110 Å². The third-order valence-electron chi connectivity index (χ3n) is 6.18. The lowest BCUT2D eigenvalue weighted by Gasteiger charge is -2.08. The lowest BCUT2D eigenvalue weighted by Crippen LogP contribution is -1.83. The van der Waals surface area contributed by atoms with Crippen LogP contribution in [0.2, 0.25) is 0 Å². The van der Waals surface area contributed by atoms with Gasteiger partial charge in [-0.25, -0.2) is 0 Å². The third-order valence-corrected chi connectivity index (χ3v) is 6.18. The standard InChI is InChI=1S/C31H22O.C2H6/c1-21-9-11-22(12-10-21)23-13-15-24(16-14-23)25-5-4-6-26(19-25)27-17-18-29-28-7-2-3-8-30(28)32-31(29)20-27;1-2/h2-20H,1H3;1-2H3. The largest absolute Gasteiger partial charge is 0.456 e. The molecule has 34 heavy (non-hydrogen) atoms. The van der Waals surface area contributed by atoms with Crippen LogP contribution in [0.15, 0.2) is 120 Å². The van der Waals surface area contributed by atoms with Crippen molar-refractivity contribution < 1.29 is 4.42 Å². The molecule has 0 aliphatic carbocycles. The molecule has 0 aliphatic heterocycles. The normalized spacial score (nSPS) is 10.8. The molecule has 0 bridgehead atoms. The Bertz CT molecular complexity index is 1550. The van der Waals surface area contributed by atoms with E-state index in [4.69, 9.17) is 4.42 Å². The highest BCUT2D eigenvalue weighted by Gasteiger charge is 2.09. The summed E-state index contributed by atoms with van der Waals surface area (Å²) in [6.45, 7) is 6.12. The summed E-state index contributed by atoms with van der Waals surface area (Å²) >= 11 is 0. The van der Waals surface area contributed by atoms with Gasteiger partial charge in [-0.15, -0.1) is 0 Å². The van der Waals surface area contributed by atoms with Gasteiger partial charge in [-0.3, -0.25) is 0 Å². The summed E-state index contributed by atoms with van der Waals surface area (Å²) in [7, 11) is 0. The number of rotatable bonds is 3. The SMILES string of the molecule is CC.Cc1ccc(-c2ccc(-c3cccc(-c4ccc5c(c4)oc4ccccc45)c3)cc2)cc1. The van der Waals surface area contributed by atoms with Gasteiger partial charge < -0.3 is 4.42 Å². The molecule has 0 saturated heterocycles. The number of fused-ring (bicyclic) bond motifs is 3. The zero-order valence-corrected chi connectivity index (χ0v) is 19.9. The first-order chi connectivity index (χ1) is 16.7. The summed E-state index contributed by atoms with van der Waals surface area (Å²) in [6, 6.07) is 40.9. The van der Waals surface area contributed by atoms with Crippen molar-refractivity contribution in [3.63, 3.8) is 0 Å². The molecular weight excluding hydrogens is 412 g/mol. The minimum Gasteiger partial charge on any atom is -0.456 e. The Morgan fingerprint density at radius 3 is 1.62 bits per heavy atom. The van der Waals surface area contributed by atoms with E-state index < -0.39 is 0 Å². The molecule has 0 spiro atoms. The fraction of sp³-hybridized carbons (Fsp3) is 0.0909. The summed E-state index contributed by atoms with van der Waals surface area (Å²) in [6.07, 6.45) is 0. The predicted octanol–water partition coefficient (Wildman–Crippen LogP) is 9.92. The molecular formula is C33H28O. The number of para-hydroxylation sites is 1. The van der Waals surface area contributed by atoms with Crippen LogP contribution in [-0.2, 0) is 0 Å². The van der Waals surface area contributed by atoms with Crippen LogP contribution < -0.4 is 0 Å². The van der Waals surface area contributed by atoms with Crippen molar-refractivity contribution in [1.82, 2.24) is 0 Å². The van der Waals surface area contributed by atoms with E-state index in [1.807, 2.05) is 26.0 Å². The lowest BCUT2D eigenvalue weighted by molar-refractivity contribution is 0.669. The van der Waals surface area contributed by atoms with E-state index in [-0.39, 0.29) is 0 Å². The number of furan rings is 1. The maximum atomic E-state index is 6.09. The highest BCUT2D eigenvalue weighted by molar-refractivity contribution is 6.05. The molecule has 6 aromatic rings. The second kappa shape index (κ2) is 9.41. The summed E-state index contributed by atoms with van der Waals surface area (Å²) < 4.78 is 6.09. The van der Waals surface area contributed by atoms with E-state index in [1.165, 1.54) is 33.4 Å². The van der Waals surface area contributed by atoms with E-state index >= 15 is 0 Å². The predicted molar refractivity (Wildman–Crippen MR) is 146 cm³/mol. The smallest absolute Gasteiger partial charge is 0.136 e. The Balaban J connectivity index is 0.00000117. The van der Waals surface area contributed by atoms with Gasteiger partial charge in [-0.1, -0.05) is 110 Å². The molecule has 1 nitrogen and oxygen atoms in total. The molecule has 0 N–H and O–H groups in total. The van der Waals surface area contributed by atoms with Crippen LogP contribution in [0, 0.1) is 6.92 Å². The molecule has 0 saturated carbocycles. The molecule has 0 radical (unpaired) electrons. The van der Waals surface area contributed by atoms with Gasteiger partial charge in [0.05, 0.1) is 0 Å². The minimum absolute atomic E-state index is 0.927. The fourth-order valence-electron chi connectivity index (χ4n) is 4.38. The number of hydrogen-bond acceptors (Lipinski definition) is 1. The highest BCUT2D eigenvalue weighted by Crippen LogP contribution is 2.33. The van der Waals surface area contributed by atoms with Gasteiger partial charge in [-0.2, -0.15) is 0 Å². The maximum Gasteiger partial charge on any atom is 0.136 e. The highest BCUT2D eigenvalue weighted by atomic mass is 16.3. The molecule has 0 atom stereocenters. The van der Waals surface area contributed by atoms with Crippen molar-refractivity contribution in [3.05, 3.63) is 121 Å². The lowest BCUT2D eigenvalue weighted by atomic mass is 9.96. The van der Waals surface area contributed by atoms with E-state index in [0.29, 0.717) is 0 Å². The Hall–Kier alpha value is -4.10. The average Bonchev–Trinajstić information content (AvgIpc) is 3.28. The van der Waals surface area contributed by atoms with E-state index in [0.717, 1.165) is 27.5 Å². The molecule has 166 valence electrons. The van der Waals surface area contributed by atoms with Crippen LogP contribution >= 0.6 is 0 Å². The molecule has 6 rings (SSSR count). The van der Waals surface area contributed by atoms with Gasteiger partial charge in [0.1, 0.15) is 11.2 Å². The van der Waals surface area contributed by atoms with Gasteiger partial charge in [0.2, 0.25) is 0 Å². The Morgan fingerprint density at radius 2 is 0.912 bits per heavy atom. The van der Waals surface area contributed by atoms with Gasteiger partial charge in [-0.05, 0) is 64.6 Å². The first-order valence-electron chi connectivity index (χ1n) is 11.9. The van der Waals surface area contributed by atoms with Gasteiger partial charge in [0, 0.05) is 10.8 Å². The zero-order valence-electron chi connectivity index (χ0n) is 19.9. The van der Waals surface area contributed by atoms with Crippen molar-refractivity contribution in [1.29, 1.82) is 0 Å². The van der Waals surface area contributed by atoms with Gasteiger partial charge in [0.15, 0.2) is 0 Å². The molecule has 5 aromatic carbocycles. The maximum absolute atomic E-state index is 6.09. The summed E-state index contributed by atoms with van der Waals surface area (Å²) in [5.74, 6) is 0. The van der Waals surface area contributed by atoms with Crippen molar-refractivity contribution in [2.45, 2.75) is 20.8 Å². The molecule has 0 aliphatic rings. The van der Waals surface area contributed by atoms with Crippen molar-refractivity contribution in [2.75, 3.05) is 0 Å². The molecule has 1 heteroatoms. The number of hydrogen-bond donors (Lipinski definition) is 0. The van der Waals surface area contributed by atoms with Crippen LogP contribution in [0.3, 0.4) is 0 Å². The Labute approximate surface area is 201 Å². The van der Waals surface area contributed by atoms with Crippen molar-refractivity contribution in [3.8, 4) is 33.4 Å². The summed E-state index contributed by atoms with van der Waals surface area (Å²) in [5, 5.41) is 2.32. The third kappa shape index (κ3) is 4.13. The number of benzene rings is 5. The molecule has 1 heterocycles. The second-order valence-corrected chi connectivity index (χ2v) is 8.33. The molecule has 1 aromatic heterocycles. The Morgan fingerprint density at radius 1 is 0.412 bits per heavy atom. The topological polar surface area (TPSA) is 13.1 Å². The van der Waals surface area contributed by atoms with Crippen LogP contribution in [0.4, 0.5) is 0 Å².